The van der Waals surface area contributed by atoms with Crippen molar-refractivity contribution in [1.82, 2.24) is 14.9 Å². The Balaban J connectivity index is 0.00000256. The van der Waals surface area contributed by atoms with E-state index in [9.17, 15) is 4.79 Å². The van der Waals surface area contributed by atoms with Gasteiger partial charge in [0.2, 0.25) is 0 Å². The van der Waals surface area contributed by atoms with Crippen molar-refractivity contribution in [1.29, 1.82) is 0 Å². The zero-order valence-electron chi connectivity index (χ0n) is 17.3. The molecule has 0 bridgehead atoms. The maximum absolute atomic E-state index is 11.1. The topological polar surface area (TPSA) is 58.2 Å². The number of benzene rings is 1. The molecule has 1 saturated heterocycles. The van der Waals surface area contributed by atoms with Crippen molar-refractivity contribution in [2.45, 2.75) is 39.5 Å². The highest BCUT2D eigenvalue weighted by Gasteiger charge is 2.19. The number of ketones is 1. The maximum Gasteiger partial charge on any atom is 0.138 e. The Bertz CT molecular complexity index is 1030. The second kappa shape index (κ2) is 8.78. The van der Waals surface area contributed by atoms with Crippen molar-refractivity contribution < 1.29 is 11.0 Å². The number of nitrogens with one attached hydrogen (secondary N) is 1. The Hall–Kier alpha value is -2.66. The molecule has 0 radical (unpaired) electrons. The van der Waals surface area contributed by atoms with E-state index in [4.69, 9.17) is 9.72 Å². The monoisotopic (exact) mass is 393 g/mol. The molecule has 1 fully saturated rings. The van der Waals surface area contributed by atoms with Gasteiger partial charge in [0.1, 0.15) is 17.0 Å². The first-order valence-electron chi connectivity index (χ1n) is 10.5. The number of hydrogen-bond donors (Lipinski definition) is 1. The smallest absolute Gasteiger partial charge is 0.138 e. The van der Waals surface area contributed by atoms with Gasteiger partial charge in [-0.05, 0) is 44.2 Å². The van der Waals surface area contributed by atoms with Gasteiger partial charge in [0.15, 0.2) is 0 Å². The predicted molar refractivity (Wildman–Crippen MR) is 118 cm³/mol. The molecule has 1 N–H and O–H groups in total. The Morgan fingerprint density at radius 3 is 2.69 bits per heavy atom. The molecule has 4 rings (SSSR count). The summed E-state index contributed by atoms with van der Waals surface area (Å²) in [7, 11) is 0. The van der Waals surface area contributed by atoms with E-state index >= 15 is 0 Å². The third-order valence-electron chi connectivity index (χ3n) is 5.62. The van der Waals surface area contributed by atoms with Crippen LogP contribution in [0.4, 0.5) is 0 Å². The van der Waals surface area contributed by atoms with Gasteiger partial charge in [-0.1, -0.05) is 36.4 Å². The fraction of sp³-hybridized carbons (Fsp3) is 0.417. The summed E-state index contributed by atoms with van der Waals surface area (Å²) in [6, 6.07) is 8.53. The number of imidazole rings is 1. The quantitative estimate of drug-likeness (QED) is 0.820. The molecule has 2 aliphatic rings. The first-order valence-corrected chi connectivity index (χ1v) is 10.5. The summed E-state index contributed by atoms with van der Waals surface area (Å²) in [5.74, 6) is 1.16. The van der Waals surface area contributed by atoms with Gasteiger partial charge in [0, 0.05) is 26.5 Å². The van der Waals surface area contributed by atoms with E-state index in [0.717, 1.165) is 67.7 Å². The van der Waals surface area contributed by atoms with E-state index in [1.165, 1.54) is 16.8 Å². The van der Waals surface area contributed by atoms with Crippen LogP contribution in [0.3, 0.4) is 0 Å². The SMILES string of the molecule is CC(=O)CCCc1ccc(-c2nc3c([nH]2)=CCC=C(C)C=3N2CCOCC2)cc1.[HH]. The van der Waals surface area contributed by atoms with E-state index in [2.05, 4.69) is 53.2 Å². The largest absolute Gasteiger partial charge is 0.378 e. The van der Waals surface area contributed by atoms with Crippen LogP contribution >= 0.6 is 0 Å². The van der Waals surface area contributed by atoms with Crippen LogP contribution in [0.2, 0.25) is 0 Å². The van der Waals surface area contributed by atoms with Gasteiger partial charge in [-0.15, -0.1) is 0 Å². The van der Waals surface area contributed by atoms with Crippen LogP contribution in [-0.2, 0) is 16.0 Å². The Kier molecular flexibility index (Phi) is 5.95. The summed E-state index contributed by atoms with van der Waals surface area (Å²) in [6.07, 6.45) is 7.89. The molecule has 2 heterocycles. The summed E-state index contributed by atoms with van der Waals surface area (Å²) < 4.78 is 5.54. The van der Waals surface area contributed by atoms with Gasteiger partial charge >= 0.3 is 0 Å². The number of allylic oxidation sites excluding steroid dienone is 1. The lowest BCUT2D eigenvalue weighted by Crippen LogP contribution is -2.41. The van der Waals surface area contributed by atoms with Crippen molar-refractivity contribution in [3.63, 3.8) is 0 Å². The highest BCUT2D eigenvalue weighted by atomic mass is 16.5. The molecular weight excluding hydrogens is 362 g/mol. The highest BCUT2D eigenvalue weighted by molar-refractivity contribution is 5.75. The number of Topliss-reactive ketones (excluding diaryl/α,β-unsaturated/α-hetero) is 1. The minimum absolute atomic E-state index is 0. The van der Waals surface area contributed by atoms with Gasteiger partial charge in [0.25, 0.3) is 0 Å². The lowest BCUT2D eigenvalue weighted by Gasteiger charge is -2.31. The number of aryl methyl sites for hydroxylation is 1. The predicted octanol–water partition coefficient (Wildman–Crippen LogP) is 2.81. The van der Waals surface area contributed by atoms with Gasteiger partial charge < -0.3 is 19.4 Å². The number of carbonyl (C=O) groups excluding carboxylic acids is 1. The van der Waals surface area contributed by atoms with Crippen molar-refractivity contribution in [2.24, 2.45) is 0 Å². The van der Waals surface area contributed by atoms with Crippen LogP contribution in [-0.4, -0.2) is 47.0 Å². The molecule has 1 aromatic heterocycles. The average molecular weight is 394 g/mol. The van der Waals surface area contributed by atoms with Crippen LogP contribution < -0.4 is 10.7 Å². The van der Waals surface area contributed by atoms with E-state index < -0.39 is 0 Å². The average Bonchev–Trinajstić information content (AvgIpc) is 3.06. The second-order valence-electron chi connectivity index (χ2n) is 7.88. The molecule has 0 atom stereocenters. The molecule has 1 aromatic carbocycles. The zero-order chi connectivity index (χ0) is 20.2. The normalized spacial score (nSPS) is 16.7. The Morgan fingerprint density at radius 2 is 1.97 bits per heavy atom. The van der Waals surface area contributed by atoms with Gasteiger partial charge in [-0.2, -0.15) is 0 Å². The van der Waals surface area contributed by atoms with Crippen molar-refractivity contribution in [3.8, 4) is 11.4 Å². The zero-order valence-corrected chi connectivity index (χ0v) is 17.3. The molecule has 0 saturated carbocycles. The lowest BCUT2D eigenvalue weighted by atomic mass is 10.0. The first-order chi connectivity index (χ1) is 14.1. The summed E-state index contributed by atoms with van der Waals surface area (Å²) in [5.41, 5.74) is 4.85. The van der Waals surface area contributed by atoms with Crippen LogP contribution in [0.1, 0.15) is 40.1 Å². The lowest BCUT2D eigenvalue weighted by molar-refractivity contribution is -0.117. The van der Waals surface area contributed by atoms with Gasteiger partial charge in [0.05, 0.1) is 24.3 Å². The summed E-state index contributed by atoms with van der Waals surface area (Å²) in [5, 5.41) is 2.14. The number of rotatable bonds is 6. The molecule has 0 unspecified atom stereocenters. The number of morpholine rings is 1. The molecular formula is C24H31N3O2. The third-order valence-corrected chi connectivity index (χ3v) is 5.62. The number of carbonyl (C=O) groups is 1. The van der Waals surface area contributed by atoms with E-state index in [1.54, 1.807) is 6.92 Å². The molecule has 0 amide bonds. The van der Waals surface area contributed by atoms with E-state index in [0.29, 0.717) is 6.42 Å². The number of aromatic amines is 1. The number of fused-ring (bicyclic) bond motifs is 1. The molecule has 1 aliphatic heterocycles. The molecule has 0 spiro atoms. The van der Waals surface area contributed by atoms with Crippen molar-refractivity contribution in [2.75, 3.05) is 26.3 Å². The molecule has 154 valence electrons. The minimum Gasteiger partial charge on any atom is -0.378 e. The summed E-state index contributed by atoms with van der Waals surface area (Å²) in [6.45, 7) is 7.16. The first kappa shape index (κ1) is 19.6. The molecule has 5 nitrogen and oxygen atoms in total. The van der Waals surface area contributed by atoms with Crippen LogP contribution in [0.5, 0.6) is 0 Å². The highest BCUT2D eigenvalue weighted by Crippen LogP contribution is 2.20. The van der Waals surface area contributed by atoms with Gasteiger partial charge in [-0.25, -0.2) is 4.98 Å². The molecule has 5 heteroatoms. The number of aromatic nitrogens is 2. The number of ether oxygens (including phenoxy) is 1. The number of hydrogen-bond acceptors (Lipinski definition) is 4. The van der Waals surface area contributed by atoms with Crippen LogP contribution in [0.15, 0.2) is 35.9 Å². The van der Waals surface area contributed by atoms with E-state index in [-0.39, 0.29) is 7.21 Å². The Morgan fingerprint density at radius 1 is 1.21 bits per heavy atom. The summed E-state index contributed by atoms with van der Waals surface area (Å²) >= 11 is 0. The van der Waals surface area contributed by atoms with Crippen molar-refractivity contribution in [3.05, 3.63) is 52.2 Å². The minimum atomic E-state index is 0. The third kappa shape index (κ3) is 4.51. The summed E-state index contributed by atoms with van der Waals surface area (Å²) in [4.78, 5) is 22.1. The fourth-order valence-corrected chi connectivity index (χ4v) is 4.05. The maximum atomic E-state index is 11.1. The fourth-order valence-electron chi connectivity index (χ4n) is 4.05. The van der Waals surface area contributed by atoms with E-state index in [1.807, 2.05) is 0 Å². The second-order valence-corrected chi connectivity index (χ2v) is 7.88. The standard InChI is InChI=1S/C24H29N3O2.H2/c1-17-5-3-8-21-22(23(17)27-13-15-29-16-14-27)26-24(25-21)20-11-9-19(10-12-20)7-4-6-18(2)28;/h5,8-12H,3-4,6-7,13-16H2,1-2H3,(H,25,26);1H. The number of nitrogens with zero attached hydrogens (tertiary/aromatic N) is 2. The van der Waals surface area contributed by atoms with Gasteiger partial charge in [-0.3, -0.25) is 0 Å². The molecule has 2 aromatic rings. The number of H-pyrrole nitrogens is 1. The Labute approximate surface area is 173 Å². The molecule has 1 aliphatic carbocycles. The van der Waals surface area contributed by atoms with Crippen LogP contribution in [0.25, 0.3) is 23.2 Å². The molecule has 29 heavy (non-hydrogen) atoms. The van der Waals surface area contributed by atoms with Crippen molar-refractivity contribution >= 4 is 17.6 Å². The van der Waals surface area contributed by atoms with Crippen LogP contribution in [0, 0.1) is 0 Å².